The molecule has 7 heteroatoms. The molecule has 1 N–H and O–H groups in total. The molecular weight excluding hydrogens is 444 g/mol. The van der Waals surface area contributed by atoms with E-state index < -0.39 is 5.92 Å². The van der Waals surface area contributed by atoms with Crippen molar-refractivity contribution in [3.05, 3.63) is 89.5 Å². The predicted molar refractivity (Wildman–Crippen MR) is 133 cm³/mol. The van der Waals surface area contributed by atoms with Gasteiger partial charge in [-0.3, -0.25) is 14.4 Å². The van der Waals surface area contributed by atoms with E-state index in [-0.39, 0.29) is 24.0 Å². The number of amides is 2. The summed E-state index contributed by atoms with van der Waals surface area (Å²) in [4.78, 5) is 39.9. The Morgan fingerprint density at radius 2 is 1.66 bits per heavy atom. The monoisotopic (exact) mass is 472 g/mol. The van der Waals surface area contributed by atoms with E-state index in [0.717, 1.165) is 5.56 Å². The van der Waals surface area contributed by atoms with Gasteiger partial charge < -0.3 is 19.7 Å². The first-order chi connectivity index (χ1) is 17.0. The van der Waals surface area contributed by atoms with Gasteiger partial charge in [0.15, 0.2) is 17.3 Å². The van der Waals surface area contributed by atoms with E-state index in [1.807, 2.05) is 36.4 Å². The molecule has 0 aromatic heterocycles. The van der Waals surface area contributed by atoms with Crippen LogP contribution in [0.5, 0.6) is 11.5 Å². The first-order valence-corrected chi connectivity index (χ1v) is 11.5. The van der Waals surface area contributed by atoms with E-state index in [2.05, 4.69) is 5.32 Å². The van der Waals surface area contributed by atoms with Gasteiger partial charge in [0.1, 0.15) is 0 Å². The first-order valence-electron chi connectivity index (χ1n) is 11.5. The molecule has 3 aromatic rings. The molecule has 3 aromatic carbocycles. The van der Waals surface area contributed by atoms with Crippen LogP contribution in [0.25, 0.3) is 0 Å². The van der Waals surface area contributed by atoms with Crippen molar-refractivity contribution >= 4 is 23.3 Å². The quantitative estimate of drug-likeness (QED) is 0.477. The maximum absolute atomic E-state index is 12.9. The van der Waals surface area contributed by atoms with Crippen LogP contribution >= 0.6 is 0 Å². The van der Waals surface area contributed by atoms with Crippen LogP contribution in [0.15, 0.2) is 72.8 Å². The zero-order valence-corrected chi connectivity index (χ0v) is 19.8. The zero-order chi connectivity index (χ0) is 24.8. The Balaban J connectivity index is 1.35. The second kappa shape index (κ2) is 10.9. The Bertz CT molecular complexity index is 1230. The molecule has 1 heterocycles. The lowest BCUT2D eigenvalue weighted by molar-refractivity contribution is -0.128. The molecule has 0 bridgehead atoms. The lowest BCUT2D eigenvalue weighted by Gasteiger charge is -2.17. The summed E-state index contributed by atoms with van der Waals surface area (Å²) in [6.45, 7) is 0.875. The smallest absolute Gasteiger partial charge is 0.229 e. The molecule has 7 nitrogen and oxygen atoms in total. The molecule has 2 amide bonds. The van der Waals surface area contributed by atoms with Crippen molar-refractivity contribution < 1.29 is 23.9 Å². The van der Waals surface area contributed by atoms with E-state index >= 15 is 0 Å². The van der Waals surface area contributed by atoms with Crippen molar-refractivity contribution in [3.8, 4) is 11.5 Å². The number of ether oxygens (including phenoxy) is 2. The van der Waals surface area contributed by atoms with Gasteiger partial charge in [0.25, 0.3) is 0 Å². The van der Waals surface area contributed by atoms with Crippen molar-refractivity contribution in [1.29, 1.82) is 0 Å². The molecule has 1 aliphatic heterocycles. The number of nitrogens with one attached hydrogen (secondary N) is 1. The molecule has 0 radical (unpaired) electrons. The third-order valence-electron chi connectivity index (χ3n) is 6.13. The second-order valence-corrected chi connectivity index (χ2v) is 8.45. The van der Waals surface area contributed by atoms with Crippen LogP contribution in [0.2, 0.25) is 0 Å². The van der Waals surface area contributed by atoms with Gasteiger partial charge in [0.2, 0.25) is 11.8 Å². The Morgan fingerprint density at radius 1 is 0.914 bits per heavy atom. The highest BCUT2D eigenvalue weighted by atomic mass is 16.5. The van der Waals surface area contributed by atoms with E-state index in [4.69, 9.17) is 9.47 Å². The summed E-state index contributed by atoms with van der Waals surface area (Å²) in [7, 11) is 3.17. The van der Waals surface area contributed by atoms with E-state index in [1.54, 1.807) is 55.5 Å². The number of carbonyl (C=O) groups is 3. The Morgan fingerprint density at radius 3 is 2.40 bits per heavy atom. The molecule has 0 aliphatic carbocycles. The number of hydrogen-bond donors (Lipinski definition) is 1. The predicted octanol–water partition coefficient (Wildman–Crippen LogP) is 3.96. The molecule has 1 unspecified atom stereocenters. The van der Waals surface area contributed by atoms with Gasteiger partial charge in [-0.15, -0.1) is 0 Å². The molecule has 1 saturated heterocycles. The van der Waals surface area contributed by atoms with E-state index in [9.17, 15) is 14.4 Å². The third kappa shape index (κ3) is 5.69. The Kier molecular flexibility index (Phi) is 7.45. The lowest BCUT2D eigenvalue weighted by atomic mass is 10.0. The maximum Gasteiger partial charge on any atom is 0.229 e. The molecule has 0 saturated carbocycles. The number of likely N-dealkylation sites (tertiary alicyclic amines) is 1. The number of hydrogen-bond acceptors (Lipinski definition) is 5. The van der Waals surface area contributed by atoms with Gasteiger partial charge in [-0.2, -0.15) is 0 Å². The summed E-state index contributed by atoms with van der Waals surface area (Å²) >= 11 is 0. The third-order valence-corrected chi connectivity index (χ3v) is 6.13. The average molecular weight is 473 g/mol. The normalized spacial score (nSPS) is 15.1. The number of methoxy groups -OCH3 is 2. The van der Waals surface area contributed by atoms with E-state index in [1.165, 1.54) is 0 Å². The largest absolute Gasteiger partial charge is 0.493 e. The van der Waals surface area contributed by atoms with Gasteiger partial charge in [0.05, 0.1) is 20.1 Å². The number of carbonyl (C=O) groups excluding carboxylic acids is 3. The number of rotatable bonds is 9. The van der Waals surface area contributed by atoms with Crippen LogP contribution < -0.4 is 14.8 Å². The fraction of sp³-hybridized carbons (Fsp3) is 0.250. The summed E-state index contributed by atoms with van der Waals surface area (Å²) in [5.74, 6) is 0.470. The Hall–Kier alpha value is -4.13. The molecule has 1 atom stereocenters. The summed E-state index contributed by atoms with van der Waals surface area (Å²) in [6.07, 6.45) is 0.810. The van der Waals surface area contributed by atoms with Crippen molar-refractivity contribution in [2.24, 2.45) is 5.92 Å². The summed E-state index contributed by atoms with van der Waals surface area (Å²) in [6, 6.07) is 21.5. The molecule has 35 heavy (non-hydrogen) atoms. The molecule has 1 aliphatic rings. The molecule has 1 fully saturated rings. The SMILES string of the molecule is COc1ccc(CCN2CC(C(=O)Nc3cccc(C(=O)c4ccccc4)c3)CC2=O)cc1OC. The van der Waals surface area contributed by atoms with Crippen LogP contribution in [-0.2, 0) is 16.0 Å². The lowest BCUT2D eigenvalue weighted by Crippen LogP contribution is -2.30. The van der Waals surface area contributed by atoms with Gasteiger partial charge in [-0.25, -0.2) is 0 Å². The second-order valence-electron chi connectivity index (χ2n) is 8.45. The fourth-order valence-electron chi connectivity index (χ4n) is 4.20. The van der Waals surface area contributed by atoms with Crippen LogP contribution in [0.1, 0.15) is 27.9 Å². The molecule has 180 valence electrons. The van der Waals surface area contributed by atoms with Crippen LogP contribution in [0, 0.1) is 5.92 Å². The van der Waals surface area contributed by atoms with Gasteiger partial charge in [-0.1, -0.05) is 48.5 Å². The number of nitrogens with zero attached hydrogens (tertiary/aromatic N) is 1. The molecule has 4 rings (SSSR count). The summed E-state index contributed by atoms with van der Waals surface area (Å²) in [5.41, 5.74) is 2.63. The summed E-state index contributed by atoms with van der Waals surface area (Å²) in [5, 5.41) is 2.87. The molecule has 0 spiro atoms. The fourth-order valence-corrected chi connectivity index (χ4v) is 4.20. The van der Waals surface area contributed by atoms with E-state index in [0.29, 0.717) is 47.8 Å². The first kappa shape index (κ1) is 24.0. The van der Waals surface area contributed by atoms with Crippen molar-refractivity contribution in [3.63, 3.8) is 0 Å². The van der Waals surface area contributed by atoms with Crippen LogP contribution in [-0.4, -0.2) is 49.8 Å². The summed E-state index contributed by atoms with van der Waals surface area (Å²) < 4.78 is 10.6. The van der Waals surface area contributed by atoms with Gasteiger partial charge in [-0.05, 0) is 36.2 Å². The highest BCUT2D eigenvalue weighted by Gasteiger charge is 2.34. The van der Waals surface area contributed by atoms with Crippen LogP contribution in [0.3, 0.4) is 0 Å². The average Bonchev–Trinajstić information content (AvgIpc) is 3.28. The standard InChI is InChI=1S/C28H28N2O5/c1-34-24-12-11-19(15-25(24)35-2)13-14-30-18-22(17-26(30)31)28(33)29-23-10-6-9-21(16-23)27(32)20-7-4-3-5-8-20/h3-12,15-16,22H,13-14,17-18H2,1-2H3,(H,29,33). The topological polar surface area (TPSA) is 84.9 Å². The highest BCUT2D eigenvalue weighted by Crippen LogP contribution is 2.28. The van der Waals surface area contributed by atoms with Gasteiger partial charge >= 0.3 is 0 Å². The number of anilines is 1. The minimum Gasteiger partial charge on any atom is -0.493 e. The number of benzene rings is 3. The van der Waals surface area contributed by atoms with Crippen molar-refractivity contribution in [2.45, 2.75) is 12.8 Å². The van der Waals surface area contributed by atoms with Crippen molar-refractivity contribution in [2.75, 3.05) is 32.6 Å². The van der Waals surface area contributed by atoms with Crippen molar-refractivity contribution in [1.82, 2.24) is 4.90 Å². The molecular formula is C28H28N2O5. The Labute approximate surface area is 204 Å². The highest BCUT2D eigenvalue weighted by molar-refractivity contribution is 6.09. The zero-order valence-electron chi connectivity index (χ0n) is 19.8. The van der Waals surface area contributed by atoms with Gasteiger partial charge in [0, 0.05) is 36.3 Å². The minimum absolute atomic E-state index is 0.0429. The maximum atomic E-state index is 12.9. The van der Waals surface area contributed by atoms with Crippen LogP contribution in [0.4, 0.5) is 5.69 Å². The number of ketones is 1. The minimum atomic E-state index is -0.443.